The Balaban J connectivity index is 1.75. The van der Waals surface area contributed by atoms with Crippen molar-refractivity contribution in [2.45, 2.75) is 17.3 Å². The van der Waals surface area contributed by atoms with E-state index in [1.165, 1.54) is 11.8 Å². The highest BCUT2D eigenvalue weighted by Gasteiger charge is 2.21. The van der Waals surface area contributed by atoms with Crippen molar-refractivity contribution in [3.05, 3.63) is 57.5 Å². The maximum atomic E-state index is 12.5. The molecule has 140 valence electrons. The second-order valence-electron chi connectivity index (χ2n) is 5.72. The molecule has 0 radical (unpaired) electrons. The number of nitrogens with zero attached hydrogens (tertiary/aromatic N) is 3. The molecule has 9 heteroatoms. The Morgan fingerprint density at radius 2 is 1.85 bits per heavy atom. The third-order valence-electron chi connectivity index (χ3n) is 3.79. The van der Waals surface area contributed by atoms with Gasteiger partial charge in [0, 0.05) is 17.6 Å². The van der Waals surface area contributed by atoms with Crippen LogP contribution in [0.25, 0.3) is 11.4 Å². The van der Waals surface area contributed by atoms with Crippen LogP contribution < -0.4 is 5.32 Å². The van der Waals surface area contributed by atoms with Crippen molar-refractivity contribution in [1.82, 2.24) is 14.8 Å². The summed E-state index contributed by atoms with van der Waals surface area (Å²) in [6, 6.07) is 12.3. The van der Waals surface area contributed by atoms with E-state index in [-0.39, 0.29) is 5.91 Å². The van der Waals surface area contributed by atoms with Crippen LogP contribution in [0.5, 0.6) is 0 Å². The van der Waals surface area contributed by atoms with E-state index in [1.807, 2.05) is 29.8 Å². The topological polar surface area (TPSA) is 59.8 Å². The minimum Gasteiger partial charge on any atom is -0.324 e. The molecular weight excluding hydrogens is 427 g/mol. The highest BCUT2D eigenvalue weighted by molar-refractivity contribution is 8.00. The highest BCUT2D eigenvalue weighted by atomic mass is 35.5. The third kappa shape index (κ3) is 4.58. The van der Waals surface area contributed by atoms with Crippen LogP contribution in [0.2, 0.25) is 15.1 Å². The van der Waals surface area contributed by atoms with Crippen LogP contribution in [-0.4, -0.2) is 25.9 Å². The molecule has 3 rings (SSSR count). The fourth-order valence-electron chi connectivity index (χ4n) is 2.33. The summed E-state index contributed by atoms with van der Waals surface area (Å²) in [6.45, 7) is 1.78. The lowest BCUT2D eigenvalue weighted by Crippen LogP contribution is -2.23. The zero-order chi connectivity index (χ0) is 19.6. The first-order valence-electron chi connectivity index (χ1n) is 7.93. The van der Waals surface area contributed by atoms with Crippen LogP contribution in [0.4, 0.5) is 5.69 Å². The van der Waals surface area contributed by atoms with E-state index in [9.17, 15) is 4.79 Å². The monoisotopic (exact) mass is 440 g/mol. The molecule has 0 aliphatic rings. The van der Waals surface area contributed by atoms with Gasteiger partial charge in [0.05, 0.1) is 21.0 Å². The minimum absolute atomic E-state index is 0.216. The SMILES string of the molecule is CC(Sc1nnc(-c2ccccc2Cl)n1C)C(=O)Nc1cc(Cl)ccc1Cl. The van der Waals surface area contributed by atoms with E-state index < -0.39 is 5.25 Å². The van der Waals surface area contributed by atoms with E-state index in [2.05, 4.69) is 15.5 Å². The lowest BCUT2D eigenvalue weighted by atomic mass is 10.2. The number of benzene rings is 2. The molecule has 0 bridgehead atoms. The van der Waals surface area contributed by atoms with Gasteiger partial charge in [-0.3, -0.25) is 4.79 Å². The number of anilines is 1. The number of aromatic nitrogens is 3. The molecule has 5 nitrogen and oxygen atoms in total. The maximum absolute atomic E-state index is 12.5. The van der Waals surface area contributed by atoms with Gasteiger partial charge in [-0.15, -0.1) is 10.2 Å². The first kappa shape index (κ1) is 20.0. The molecule has 0 saturated heterocycles. The molecule has 1 unspecified atom stereocenters. The smallest absolute Gasteiger partial charge is 0.237 e. The summed E-state index contributed by atoms with van der Waals surface area (Å²) in [6.07, 6.45) is 0. The Morgan fingerprint density at radius 3 is 2.59 bits per heavy atom. The van der Waals surface area contributed by atoms with E-state index in [1.54, 1.807) is 31.2 Å². The molecule has 2 aromatic carbocycles. The second kappa shape index (κ2) is 8.52. The number of hydrogen-bond donors (Lipinski definition) is 1. The van der Waals surface area contributed by atoms with E-state index in [0.717, 1.165) is 5.56 Å². The summed E-state index contributed by atoms with van der Waals surface area (Å²) in [5.41, 5.74) is 1.25. The van der Waals surface area contributed by atoms with Crippen molar-refractivity contribution in [3.63, 3.8) is 0 Å². The molecule has 0 saturated carbocycles. The van der Waals surface area contributed by atoms with Crippen LogP contribution in [0.3, 0.4) is 0 Å². The molecule has 0 aliphatic carbocycles. The van der Waals surface area contributed by atoms with Gasteiger partial charge in [0.15, 0.2) is 11.0 Å². The number of hydrogen-bond acceptors (Lipinski definition) is 4. The highest BCUT2D eigenvalue weighted by Crippen LogP contribution is 2.31. The van der Waals surface area contributed by atoms with Crippen molar-refractivity contribution in [3.8, 4) is 11.4 Å². The van der Waals surface area contributed by atoms with Gasteiger partial charge in [0.2, 0.25) is 5.91 Å². The Labute approximate surface area is 176 Å². The van der Waals surface area contributed by atoms with Crippen molar-refractivity contribution < 1.29 is 4.79 Å². The fourth-order valence-corrected chi connectivity index (χ4v) is 3.71. The van der Waals surface area contributed by atoms with Gasteiger partial charge in [0.25, 0.3) is 0 Å². The average molecular weight is 442 g/mol. The Kier molecular flexibility index (Phi) is 6.32. The standard InChI is InChI=1S/C18H15Cl3N4OS/c1-10(17(26)22-15-9-11(19)7-8-14(15)21)27-18-24-23-16(25(18)2)12-5-3-4-6-13(12)20/h3-10H,1-2H3,(H,22,26). The number of carbonyl (C=O) groups excluding carboxylic acids is 1. The minimum atomic E-state index is -0.429. The van der Waals surface area contributed by atoms with E-state index >= 15 is 0 Å². The number of nitrogens with one attached hydrogen (secondary N) is 1. The van der Waals surface area contributed by atoms with Crippen LogP contribution in [-0.2, 0) is 11.8 Å². The fraction of sp³-hybridized carbons (Fsp3) is 0.167. The Morgan fingerprint density at radius 1 is 1.11 bits per heavy atom. The average Bonchev–Trinajstić information content (AvgIpc) is 2.99. The van der Waals surface area contributed by atoms with Crippen LogP contribution in [0.1, 0.15) is 6.92 Å². The summed E-state index contributed by atoms with van der Waals surface area (Å²) in [4.78, 5) is 12.5. The number of carbonyl (C=O) groups is 1. The van der Waals surface area contributed by atoms with E-state index in [4.69, 9.17) is 34.8 Å². The van der Waals surface area contributed by atoms with Crippen molar-refractivity contribution >= 4 is 58.2 Å². The molecule has 27 heavy (non-hydrogen) atoms. The lowest BCUT2D eigenvalue weighted by molar-refractivity contribution is -0.115. The molecule has 0 fully saturated rings. The van der Waals surface area contributed by atoms with Crippen LogP contribution >= 0.6 is 46.6 Å². The second-order valence-corrected chi connectivity index (χ2v) is 8.28. The summed E-state index contributed by atoms with van der Waals surface area (Å²) >= 11 is 19.6. The van der Waals surface area contributed by atoms with Crippen LogP contribution in [0, 0.1) is 0 Å². The van der Waals surface area contributed by atoms with Gasteiger partial charge < -0.3 is 9.88 Å². The molecule has 3 aromatic rings. The molecule has 1 atom stereocenters. The summed E-state index contributed by atoms with van der Waals surface area (Å²) in [7, 11) is 1.83. The lowest BCUT2D eigenvalue weighted by Gasteiger charge is -2.13. The van der Waals surface area contributed by atoms with Gasteiger partial charge >= 0.3 is 0 Å². The molecule has 0 spiro atoms. The number of amides is 1. The molecule has 1 heterocycles. The predicted molar refractivity (Wildman–Crippen MR) is 112 cm³/mol. The van der Waals surface area contributed by atoms with Gasteiger partial charge in [-0.2, -0.15) is 0 Å². The summed E-state index contributed by atoms with van der Waals surface area (Å²) < 4.78 is 1.81. The molecule has 1 amide bonds. The zero-order valence-corrected chi connectivity index (χ0v) is 17.5. The van der Waals surface area contributed by atoms with Crippen LogP contribution in [0.15, 0.2) is 47.6 Å². The molecular formula is C18H15Cl3N4OS. The molecule has 1 N–H and O–H groups in total. The summed E-state index contributed by atoms with van der Waals surface area (Å²) in [5.74, 6) is 0.417. The van der Waals surface area contributed by atoms with E-state index in [0.29, 0.717) is 31.7 Å². The third-order valence-corrected chi connectivity index (χ3v) is 5.82. The number of rotatable bonds is 5. The maximum Gasteiger partial charge on any atom is 0.237 e. The molecule has 1 aromatic heterocycles. The van der Waals surface area contributed by atoms with Crippen molar-refractivity contribution in [1.29, 1.82) is 0 Å². The first-order valence-corrected chi connectivity index (χ1v) is 9.95. The van der Waals surface area contributed by atoms with Crippen molar-refractivity contribution in [2.24, 2.45) is 7.05 Å². The van der Waals surface area contributed by atoms with Gasteiger partial charge in [-0.1, -0.05) is 58.7 Å². The number of halogens is 3. The number of thioether (sulfide) groups is 1. The van der Waals surface area contributed by atoms with Gasteiger partial charge in [-0.25, -0.2) is 0 Å². The largest absolute Gasteiger partial charge is 0.324 e. The Hall–Kier alpha value is -1.73. The Bertz CT molecular complexity index is 992. The molecule has 0 aliphatic heterocycles. The normalized spacial score (nSPS) is 12.0. The first-order chi connectivity index (χ1) is 12.9. The summed E-state index contributed by atoms with van der Waals surface area (Å²) in [5, 5.41) is 12.9. The van der Waals surface area contributed by atoms with Gasteiger partial charge in [-0.05, 0) is 37.3 Å². The van der Waals surface area contributed by atoms with Gasteiger partial charge in [0.1, 0.15) is 0 Å². The quantitative estimate of drug-likeness (QED) is 0.526. The predicted octanol–water partition coefficient (Wildman–Crippen LogP) is 5.56. The zero-order valence-electron chi connectivity index (χ0n) is 14.4. The van der Waals surface area contributed by atoms with Crippen molar-refractivity contribution in [2.75, 3.05) is 5.32 Å².